The number of methoxy groups -OCH3 is 1. The third-order valence-corrected chi connectivity index (χ3v) is 1.64. The number of hydrogen-bond acceptors (Lipinski definition) is 3. The molecule has 1 rings (SSSR count). The first kappa shape index (κ1) is 9.97. The number of nitrogens with zero attached hydrogens (tertiary/aromatic N) is 1. The van der Waals surface area contributed by atoms with Crippen molar-refractivity contribution in [2.75, 3.05) is 7.11 Å². The van der Waals surface area contributed by atoms with Crippen molar-refractivity contribution >= 4 is 11.7 Å². The summed E-state index contributed by atoms with van der Waals surface area (Å²) in [5.74, 6) is -1.14. The van der Waals surface area contributed by atoms with Crippen LogP contribution < -0.4 is 4.74 Å². The third kappa shape index (κ3) is 1.79. The number of aromatic carboxylic acids is 1. The molecule has 6 nitrogen and oxygen atoms in total. The van der Waals surface area contributed by atoms with Crippen molar-refractivity contribution in [3.63, 3.8) is 0 Å². The number of carboxylic acids is 1. The van der Waals surface area contributed by atoms with Crippen LogP contribution in [0.25, 0.3) is 0 Å². The van der Waals surface area contributed by atoms with Crippen LogP contribution in [0, 0.1) is 4.91 Å². The van der Waals surface area contributed by atoms with E-state index in [2.05, 4.69) is 0 Å². The van der Waals surface area contributed by atoms with Gasteiger partial charge in [-0.15, -0.1) is 0 Å². The van der Waals surface area contributed by atoms with Gasteiger partial charge in [0.1, 0.15) is 11.3 Å². The smallest absolute Gasteiger partial charge is 0.339 e. The van der Waals surface area contributed by atoms with E-state index in [0.717, 1.165) is 6.07 Å². The Bertz CT molecular complexity index is 387. The number of carboxylic acid groups (broad SMARTS) is 1. The summed E-state index contributed by atoms with van der Waals surface area (Å²) in [5, 5.41) is 17.2. The van der Waals surface area contributed by atoms with E-state index in [9.17, 15) is 9.70 Å². The third-order valence-electron chi connectivity index (χ3n) is 1.64. The summed E-state index contributed by atoms with van der Waals surface area (Å²) in [6, 6.07) is 3.49. The molecule has 0 saturated carbocycles. The first-order valence-electron chi connectivity index (χ1n) is 3.63. The largest absolute Gasteiger partial charge is 0.496 e. The van der Waals surface area contributed by atoms with Crippen molar-refractivity contribution in [3.05, 3.63) is 28.7 Å². The summed E-state index contributed by atoms with van der Waals surface area (Å²) in [7, 11) is 1.28. The van der Waals surface area contributed by atoms with E-state index in [-0.39, 0.29) is 21.9 Å². The predicted octanol–water partition coefficient (Wildman–Crippen LogP) is 1.19. The topological polar surface area (TPSA) is 86.8 Å². The average Bonchev–Trinajstić information content (AvgIpc) is 2.16. The lowest BCUT2D eigenvalue weighted by Gasteiger charge is -2.02. The lowest BCUT2D eigenvalue weighted by molar-refractivity contribution is -0.729. The Labute approximate surface area is 78.9 Å². The first-order chi connectivity index (χ1) is 6.56. The SMILES string of the molecule is COc1cc([N+](=O)O)ccc1C(=O)O. The molecular formula is C8H8NO5+. The lowest BCUT2D eigenvalue weighted by Crippen LogP contribution is -2.01. The van der Waals surface area contributed by atoms with Gasteiger partial charge in [-0.2, -0.15) is 0 Å². The quantitative estimate of drug-likeness (QED) is 0.712. The van der Waals surface area contributed by atoms with Gasteiger partial charge in [0.2, 0.25) is 0 Å². The van der Waals surface area contributed by atoms with Crippen molar-refractivity contribution in [1.29, 1.82) is 0 Å². The number of ether oxygens (including phenoxy) is 1. The second-order valence-electron chi connectivity index (χ2n) is 2.46. The van der Waals surface area contributed by atoms with E-state index in [1.165, 1.54) is 19.2 Å². The monoisotopic (exact) mass is 198 g/mol. The van der Waals surface area contributed by atoms with Gasteiger partial charge in [-0.05, 0) is 6.07 Å². The molecule has 0 unspecified atom stereocenters. The van der Waals surface area contributed by atoms with Crippen molar-refractivity contribution in [3.8, 4) is 5.75 Å². The fourth-order valence-electron chi connectivity index (χ4n) is 0.976. The Hall–Kier alpha value is -2.11. The highest BCUT2D eigenvalue weighted by Gasteiger charge is 2.18. The zero-order chi connectivity index (χ0) is 10.7. The van der Waals surface area contributed by atoms with Gasteiger partial charge >= 0.3 is 11.7 Å². The minimum Gasteiger partial charge on any atom is -0.496 e. The van der Waals surface area contributed by atoms with Crippen LogP contribution in [0.15, 0.2) is 18.2 Å². The maximum absolute atomic E-state index is 10.6. The summed E-state index contributed by atoms with van der Waals surface area (Å²) in [6.07, 6.45) is 0. The van der Waals surface area contributed by atoms with Gasteiger partial charge in [-0.3, -0.25) is 0 Å². The van der Waals surface area contributed by atoms with E-state index >= 15 is 0 Å². The van der Waals surface area contributed by atoms with E-state index in [1.807, 2.05) is 0 Å². The molecule has 0 aliphatic carbocycles. The molecule has 1 aromatic rings. The van der Waals surface area contributed by atoms with Crippen LogP contribution in [0.3, 0.4) is 0 Å². The fraction of sp³-hybridized carbons (Fsp3) is 0.125. The molecule has 0 spiro atoms. The Kier molecular flexibility index (Phi) is 2.66. The van der Waals surface area contributed by atoms with Gasteiger partial charge in [-0.1, -0.05) is 0 Å². The van der Waals surface area contributed by atoms with Crippen LogP contribution in [-0.4, -0.2) is 28.3 Å². The van der Waals surface area contributed by atoms with Gasteiger partial charge in [-0.25, -0.2) is 10.0 Å². The molecule has 74 valence electrons. The molecule has 0 atom stereocenters. The van der Waals surface area contributed by atoms with Gasteiger partial charge in [0.15, 0.2) is 0 Å². The van der Waals surface area contributed by atoms with Crippen LogP contribution >= 0.6 is 0 Å². The summed E-state index contributed by atoms with van der Waals surface area (Å²) in [5.41, 5.74) is -0.162. The highest BCUT2D eigenvalue weighted by atomic mass is 16.6. The summed E-state index contributed by atoms with van der Waals surface area (Å²) >= 11 is 0. The lowest BCUT2D eigenvalue weighted by atomic mass is 10.2. The molecule has 0 aliphatic rings. The summed E-state index contributed by atoms with van der Waals surface area (Å²) < 4.78 is 4.74. The molecule has 1 aromatic carbocycles. The van der Waals surface area contributed by atoms with Crippen molar-refractivity contribution in [1.82, 2.24) is 0 Å². The molecule has 14 heavy (non-hydrogen) atoms. The normalized spacial score (nSPS) is 9.50. The summed E-state index contributed by atoms with van der Waals surface area (Å²) in [4.78, 5) is 20.7. The standard InChI is InChI=1S/C8H7NO5/c1-14-7-4-5(9(12)13)2-3-6(7)8(10)11/h2-4H,1H3,(H-,10,11,12,13)/p+1. The van der Waals surface area contributed by atoms with Crippen LogP contribution in [-0.2, 0) is 0 Å². The van der Waals surface area contributed by atoms with E-state index < -0.39 is 5.97 Å². The zero-order valence-electron chi connectivity index (χ0n) is 7.30. The van der Waals surface area contributed by atoms with E-state index in [4.69, 9.17) is 15.1 Å². The molecule has 0 amide bonds. The zero-order valence-corrected chi connectivity index (χ0v) is 7.30. The molecule has 0 fully saturated rings. The molecule has 0 aromatic heterocycles. The van der Waals surface area contributed by atoms with Crippen molar-refractivity contribution in [2.45, 2.75) is 0 Å². The van der Waals surface area contributed by atoms with Gasteiger partial charge in [0.25, 0.3) is 4.92 Å². The Balaban J connectivity index is 3.25. The number of carbonyl (C=O) groups is 1. The van der Waals surface area contributed by atoms with Gasteiger partial charge in [0.05, 0.1) is 18.1 Å². The molecule has 2 N–H and O–H groups in total. The van der Waals surface area contributed by atoms with Crippen molar-refractivity contribution < 1.29 is 24.8 Å². The van der Waals surface area contributed by atoms with Crippen LogP contribution in [0.1, 0.15) is 10.4 Å². The van der Waals surface area contributed by atoms with Crippen molar-refractivity contribution in [2.24, 2.45) is 0 Å². The molecule has 0 aliphatic heterocycles. The predicted molar refractivity (Wildman–Crippen MR) is 45.0 cm³/mol. The highest BCUT2D eigenvalue weighted by Crippen LogP contribution is 2.23. The average molecular weight is 198 g/mol. The molecule has 0 bridgehead atoms. The maximum Gasteiger partial charge on any atom is 0.339 e. The Morgan fingerprint density at radius 3 is 2.57 bits per heavy atom. The summed E-state index contributed by atoms with van der Waals surface area (Å²) in [6.45, 7) is 0. The number of hydrogen-bond donors (Lipinski definition) is 2. The van der Waals surface area contributed by atoms with Gasteiger partial charge in [0, 0.05) is 6.07 Å². The van der Waals surface area contributed by atoms with Crippen LogP contribution in [0.4, 0.5) is 5.69 Å². The highest BCUT2D eigenvalue weighted by molar-refractivity contribution is 5.91. The first-order valence-corrected chi connectivity index (χ1v) is 3.63. The minimum absolute atomic E-state index is 0.0184. The van der Waals surface area contributed by atoms with Crippen LogP contribution in [0.2, 0.25) is 0 Å². The molecule has 0 saturated heterocycles. The fourth-order valence-corrected chi connectivity index (χ4v) is 0.976. The molecule has 0 radical (unpaired) electrons. The minimum atomic E-state index is -1.16. The maximum atomic E-state index is 10.6. The molecule has 6 heteroatoms. The van der Waals surface area contributed by atoms with Gasteiger partial charge < -0.3 is 9.84 Å². The number of rotatable bonds is 3. The van der Waals surface area contributed by atoms with Crippen LogP contribution in [0.5, 0.6) is 5.75 Å². The Morgan fingerprint density at radius 1 is 1.50 bits per heavy atom. The Morgan fingerprint density at radius 2 is 2.14 bits per heavy atom. The van der Waals surface area contributed by atoms with E-state index in [1.54, 1.807) is 0 Å². The second-order valence-corrected chi connectivity index (χ2v) is 2.46. The number of benzene rings is 1. The second kappa shape index (κ2) is 3.73. The molecule has 0 heterocycles. The van der Waals surface area contributed by atoms with E-state index in [0.29, 0.717) is 0 Å². The molecular weight excluding hydrogens is 190 g/mol.